The Labute approximate surface area is 124 Å². The van der Waals surface area contributed by atoms with Crippen LogP contribution in [0.15, 0.2) is 24.3 Å². The Kier molecular flexibility index (Phi) is 7.89. The van der Waals surface area contributed by atoms with Gasteiger partial charge < -0.3 is 20.1 Å². The lowest BCUT2D eigenvalue weighted by Gasteiger charge is -2.08. The summed E-state index contributed by atoms with van der Waals surface area (Å²) in [6, 6.07) is 6.77. The minimum Gasteiger partial charge on any atom is -0.494 e. The topological polar surface area (TPSA) is 76.7 Å². The molecule has 0 heterocycles. The monoisotopic (exact) mass is 294 g/mol. The molecule has 0 saturated heterocycles. The van der Waals surface area contributed by atoms with Crippen LogP contribution in [-0.2, 0) is 9.53 Å². The molecule has 0 fully saturated rings. The average Bonchev–Trinajstić information content (AvgIpc) is 2.50. The number of ether oxygens (including phenoxy) is 2. The van der Waals surface area contributed by atoms with Crippen molar-refractivity contribution in [2.75, 3.05) is 32.9 Å². The predicted octanol–water partition coefficient (Wildman–Crippen LogP) is 0.968. The minimum absolute atomic E-state index is 0.0574. The third-order valence-corrected chi connectivity index (χ3v) is 2.61. The van der Waals surface area contributed by atoms with Crippen LogP contribution in [0.2, 0.25) is 0 Å². The van der Waals surface area contributed by atoms with Crippen molar-refractivity contribution in [2.24, 2.45) is 0 Å². The molecule has 1 rings (SSSR count). The van der Waals surface area contributed by atoms with Crippen molar-refractivity contribution >= 4 is 11.8 Å². The second-order valence-corrected chi connectivity index (χ2v) is 4.19. The fraction of sp³-hybridized carbons (Fsp3) is 0.467. The van der Waals surface area contributed by atoms with Gasteiger partial charge in [0.25, 0.3) is 5.91 Å². The Morgan fingerprint density at radius 2 is 1.76 bits per heavy atom. The Hall–Kier alpha value is -2.08. The highest BCUT2D eigenvalue weighted by Crippen LogP contribution is 2.11. The molecule has 2 N–H and O–H groups in total. The van der Waals surface area contributed by atoms with Gasteiger partial charge in [-0.05, 0) is 38.1 Å². The fourth-order valence-electron chi connectivity index (χ4n) is 1.60. The zero-order valence-corrected chi connectivity index (χ0v) is 12.5. The number of amides is 2. The molecule has 1 aromatic rings. The van der Waals surface area contributed by atoms with E-state index in [2.05, 4.69) is 10.6 Å². The van der Waals surface area contributed by atoms with Crippen LogP contribution in [0.5, 0.6) is 5.75 Å². The maximum Gasteiger partial charge on any atom is 0.251 e. The molecule has 0 spiro atoms. The first kappa shape index (κ1) is 17.0. The number of carbonyl (C=O) groups is 2. The van der Waals surface area contributed by atoms with E-state index in [1.807, 2.05) is 13.8 Å². The Morgan fingerprint density at radius 1 is 1.05 bits per heavy atom. The summed E-state index contributed by atoms with van der Waals surface area (Å²) in [5.41, 5.74) is 0.487. The highest BCUT2D eigenvalue weighted by Gasteiger charge is 2.07. The van der Waals surface area contributed by atoms with Crippen LogP contribution in [0, 0.1) is 0 Å². The third kappa shape index (κ3) is 6.76. The zero-order valence-electron chi connectivity index (χ0n) is 12.5. The summed E-state index contributed by atoms with van der Waals surface area (Å²) >= 11 is 0. The SMILES string of the molecule is CCOCCNC(=O)CNC(=O)c1ccc(OCC)cc1. The number of hydrogen-bond acceptors (Lipinski definition) is 4. The number of nitrogens with one attached hydrogen (secondary N) is 2. The van der Waals surface area contributed by atoms with Crippen LogP contribution >= 0.6 is 0 Å². The van der Waals surface area contributed by atoms with Gasteiger partial charge in [-0.3, -0.25) is 9.59 Å². The van der Waals surface area contributed by atoms with E-state index in [0.29, 0.717) is 37.7 Å². The molecule has 116 valence electrons. The Balaban J connectivity index is 2.31. The van der Waals surface area contributed by atoms with Crippen molar-refractivity contribution in [1.29, 1.82) is 0 Å². The summed E-state index contributed by atoms with van der Waals surface area (Å²) in [5.74, 6) is 0.176. The van der Waals surface area contributed by atoms with E-state index >= 15 is 0 Å². The molecule has 21 heavy (non-hydrogen) atoms. The normalized spacial score (nSPS) is 10.0. The minimum atomic E-state index is -0.294. The molecule has 6 heteroatoms. The van der Waals surface area contributed by atoms with Crippen LogP contribution in [0.3, 0.4) is 0 Å². The lowest BCUT2D eigenvalue weighted by atomic mass is 10.2. The molecular weight excluding hydrogens is 272 g/mol. The molecular formula is C15H22N2O4. The summed E-state index contributed by atoms with van der Waals surface area (Å²) in [6.45, 7) is 5.82. The molecule has 1 aromatic carbocycles. The quantitative estimate of drug-likeness (QED) is 0.665. The maximum atomic E-state index is 11.8. The van der Waals surface area contributed by atoms with E-state index in [4.69, 9.17) is 9.47 Å². The molecule has 0 bridgehead atoms. The predicted molar refractivity (Wildman–Crippen MR) is 79.4 cm³/mol. The molecule has 0 unspecified atom stereocenters. The highest BCUT2D eigenvalue weighted by molar-refractivity contribution is 5.96. The molecule has 0 saturated carbocycles. The van der Waals surface area contributed by atoms with Crippen molar-refractivity contribution < 1.29 is 19.1 Å². The first-order valence-electron chi connectivity index (χ1n) is 7.02. The van der Waals surface area contributed by atoms with Gasteiger partial charge in [0.1, 0.15) is 5.75 Å². The maximum absolute atomic E-state index is 11.8. The number of hydrogen-bond donors (Lipinski definition) is 2. The van der Waals surface area contributed by atoms with Gasteiger partial charge in [0.2, 0.25) is 5.91 Å². The zero-order chi connectivity index (χ0) is 15.5. The summed E-state index contributed by atoms with van der Waals surface area (Å²) in [7, 11) is 0. The standard InChI is InChI=1S/C15H22N2O4/c1-3-20-10-9-16-14(18)11-17-15(19)12-5-7-13(8-6-12)21-4-2/h5-8H,3-4,9-11H2,1-2H3,(H,16,18)(H,17,19). The van der Waals surface area contributed by atoms with Gasteiger partial charge in [-0.1, -0.05) is 0 Å². The van der Waals surface area contributed by atoms with E-state index < -0.39 is 0 Å². The van der Waals surface area contributed by atoms with Gasteiger partial charge >= 0.3 is 0 Å². The lowest BCUT2D eigenvalue weighted by molar-refractivity contribution is -0.120. The molecule has 0 atom stereocenters. The van der Waals surface area contributed by atoms with Crippen molar-refractivity contribution in [3.05, 3.63) is 29.8 Å². The van der Waals surface area contributed by atoms with Gasteiger partial charge in [0.15, 0.2) is 0 Å². The van der Waals surface area contributed by atoms with Crippen LogP contribution in [0.1, 0.15) is 24.2 Å². The third-order valence-electron chi connectivity index (χ3n) is 2.61. The fourth-order valence-corrected chi connectivity index (χ4v) is 1.60. The van der Waals surface area contributed by atoms with Crippen LogP contribution in [0.25, 0.3) is 0 Å². The van der Waals surface area contributed by atoms with Crippen molar-refractivity contribution in [2.45, 2.75) is 13.8 Å². The second-order valence-electron chi connectivity index (χ2n) is 4.19. The summed E-state index contributed by atoms with van der Waals surface area (Å²) in [4.78, 5) is 23.3. The highest BCUT2D eigenvalue weighted by atomic mass is 16.5. The summed E-state index contributed by atoms with van der Waals surface area (Å²) < 4.78 is 10.4. The Bertz CT molecular complexity index is 445. The van der Waals surface area contributed by atoms with Crippen LogP contribution in [-0.4, -0.2) is 44.7 Å². The molecule has 0 radical (unpaired) electrons. The molecule has 0 aromatic heterocycles. The van der Waals surface area contributed by atoms with Crippen molar-refractivity contribution in [3.63, 3.8) is 0 Å². The van der Waals surface area contributed by atoms with E-state index in [0.717, 1.165) is 0 Å². The van der Waals surface area contributed by atoms with Crippen molar-refractivity contribution in [3.8, 4) is 5.75 Å². The molecule has 0 aliphatic rings. The van der Waals surface area contributed by atoms with E-state index in [1.54, 1.807) is 24.3 Å². The van der Waals surface area contributed by atoms with Gasteiger partial charge in [-0.25, -0.2) is 0 Å². The van der Waals surface area contributed by atoms with Gasteiger partial charge in [0.05, 0.1) is 19.8 Å². The number of benzene rings is 1. The number of rotatable bonds is 9. The average molecular weight is 294 g/mol. The smallest absolute Gasteiger partial charge is 0.251 e. The molecule has 2 amide bonds. The van der Waals surface area contributed by atoms with E-state index in [-0.39, 0.29) is 18.4 Å². The lowest BCUT2D eigenvalue weighted by Crippen LogP contribution is -2.38. The second kappa shape index (κ2) is 9.77. The largest absolute Gasteiger partial charge is 0.494 e. The van der Waals surface area contributed by atoms with Gasteiger partial charge in [-0.15, -0.1) is 0 Å². The molecule has 0 aliphatic carbocycles. The first-order valence-corrected chi connectivity index (χ1v) is 7.02. The van der Waals surface area contributed by atoms with Crippen LogP contribution in [0.4, 0.5) is 0 Å². The van der Waals surface area contributed by atoms with E-state index in [1.165, 1.54) is 0 Å². The molecule has 0 aliphatic heterocycles. The molecule has 6 nitrogen and oxygen atoms in total. The first-order chi connectivity index (χ1) is 10.2. The number of carbonyl (C=O) groups excluding carboxylic acids is 2. The van der Waals surface area contributed by atoms with E-state index in [9.17, 15) is 9.59 Å². The Morgan fingerprint density at radius 3 is 2.38 bits per heavy atom. The van der Waals surface area contributed by atoms with Gasteiger partial charge in [-0.2, -0.15) is 0 Å². The summed E-state index contributed by atoms with van der Waals surface area (Å²) in [6.07, 6.45) is 0. The summed E-state index contributed by atoms with van der Waals surface area (Å²) in [5, 5.41) is 5.21. The van der Waals surface area contributed by atoms with Gasteiger partial charge in [0, 0.05) is 18.7 Å². The van der Waals surface area contributed by atoms with Crippen molar-refractivity contribution in [1.82, 2.24) is 10.6 Å². The van der Waals surface area contributed by atoms with Crippen LogP contribution < -0.4 is 15.4 Å².